The molecule has 0 aromatic carbocycles. The number of pyridine rings is 1. The molecule has 0 atom stereocenters. The van der Waals surface area contributed by atoms with E-state index < -0.39 is 17.9 Å². The molecule has 0 radical (unpaired) electrons. The molecule has 0 spiro atoms. The first-order valence-electron chi connectivity index (χ1n) is 6.34. The molecule has 2 N–H and O–H groups in total. The number of urea groups is 1. The van der Waals surface area contributed by atoms with E-state index in [-0.39, 0.29) is 12.4 Å². The van der Waals surface area contributed by atoms with E-state index in [9.17, 15) is 18.0 Å². The van der Waals surface area contributed by atoms with Crippen LogP contribution in [-0.4, -0.2) is 20.8 Å². The number of rotatable bonds is 3. The number of aromatic nitrogens is 3. The van der Waals surface area contributed by atoms with Crippen molar-refractivity contribution in [3.8, 4) is 0 Å². The third-order valence-electron chi connectivity index (χ3n) is 3.06. The van der Waals surface area contributed by atoms with Gasteiger partial charge in [-0.3, -0.25) is 10.00 Å². The molecule has 0 fully saturated rings. The molecular weight excluding hydrogens is 299 g/mol. The van der Waals surface area contributed by atoms with Crippen molar-refractivity contribution in [1.29, 1.82) is 0 Å². The smallest absolute Gasteiger partial charge is 0.334 e. The summed E-state index contributed by atoms with van der Waals surface area (Å²) in [5, 5.41) is 8.82. The van der Waals surface area contributed by atoms with Crippen molar-refractivity contribution in [2.24, 2.45) is 7.05 Å². The summed E-state index contributed by atoms with van der Waals surface area (Å²) in [6.07, 6.45) is -2.95. The predicted molar refractivity (Wildman–Crippen MR) is 73.0 cm³/mol. The average molecular weight is 313 g/mol. The monoisotopic (exact) mass is 313 g/mol. The van der Waals surface area contributed by atoms with Gasteiger partial charge < -0.3 is 5.32 Å². The lowest BCUT2D eigenvalue weighted by Crippen LogP contribution is -2.29. The summed E-state index contributed by atoms with van der Waals surface area (Å²) in [6, 6.07) is 2.65. The van der Waals surface area contributed by atoms with Crippen molar-refractivity contribution in [2.75, 3.05) is 5.32 Å². The molecule has 6 nitrogen and oxygen atoms in total. The Labute approximate surface area is 124 Å². The fourth-order valence-electron chi connectivity index (χ4n) is 1.72. The molecule has 0 unspecified atom stereocenters. The molecule has 2 rings (SSSR count). The summed E-state index contributed by atoms with van der Waals surface area (Å²) in [5.74, 6) is -0.171. The first-order valence-corrected chi connectivity index (χ1v) is 6.34. The summed E-state index contributed by atoms with van der Waals surface area (Å²) in [4.78, 5) is 15.0. The second kappa shape index (κ2) is 6.04. The summed E-state index contributed by atoms with van der Waals surface area (Å²) >= 11 is 0. The Morgan fingerprint density at radius 2 is 2.09 bits per heavy atom. The van der Waals surface area contributed by atoms with Crippen LogP contribution in [0.1, 0.15) is 17.0 Å². The molecule has 22 heavy (non-hydrogen) atoms. The molecule has 2 heterocycles. The lowest BCUT2D eigenvalue weighted by atomic mass is 10.2. The quantitative estimate of drug-likeness (QED) is 0.914. The highest BCUT2D eigenvalue weighted by Gasteiger charge is 2.32. The van der Waals surface area contributed by atoms with E-state index in [2.05, 4.69) is 20.7 Å². The van der Waals surface area contributed by atoms with Gasteiger partial charge in [-0.15, -0.1) is 0 Å². The maximum absolute atomic E-state index is 12.5. The Bertz CT molecular complexity index is 681. The number of carbonyl (C=O) groups is 1. The second-order valence-electron chi connectivity index (χ2n) is 4.59. The fourth-order valence-corrected chi connectivity index (χ4v) is 1.72. The van der Waals surface area contributed by atoms with Gasteiger partial charge in [-0.2, -0.15) is 18.3 Å². The van der Waals surface area contributed by atoms with Crippen molar-refractivity contribution in [3.63, 3.8) is 0 Å². The molecule has 0 aliphatic rings. The predicted octanol–water partition coefficient (Wildman–Crippen LogP) is 2.46. The zero-order valence-corrected chi connectivity index (χ0v) is 11.9. The van der Waals surface area contributed by atoms with Gasteiger partial charge >= 0.3 is 12.2 Å². The van der Waals surface area contributed by atoms with Crippen molar-refractivity contribution < 1.29 is 18.0 Å². The van der Waals surface area contributed by atoms with Gasteiger partial charge in [0.05, 0.1) is 6.20 Å². The molecular formula is C13H14F3N5O. The van der Waals surface area contributed by atoms with Crippen LogP contribution in [0.3, 0.4) is 0 Å². The minimum absolute atomic E-state index is 0.171. The van der Waals surface area contributed by atoms with Gasteiger partial charge in [-0.1, -0.05) is 6.07 Å². The Morgan fingerprint density at radius 3 is 2.68 bits per heavy atom. The van der Waals surface area contributed by atoms with Crippen LogP contribution < -0.4 is 10.6 Å². The summed E-state index contributed by atoms with van der Waals surface area (Å²) < 4.78 is 39.2. The molecule has 0 saturated carbocycles. The van der Waals surface area contributed by atoms with Crippen molar-refractivity contribution >= 4 is 11.8 Å². The lowest BCUT2D eigenvalue weighted by Gasteiger charge is -2.09. The maximum Gasteiger partial charge on any atom is 0.433 e. The Kier molecular flexibility index (Phi) is 4.34. The third kappa shape index (κ3) is 3.74. The van der Waals surface area contributed by atoms with E-state index in [0.717, 1.165) is 17.3 Å². The van der Waals surface area contributed by atoms with Crippen molar-refractivity contribution in [1.82, 2.24) is 20.1 Å². The standard InChI is InChI=1S/C13H14F3N5O/c1-8-9(7-18-21(8)2)6-17-12(22)20-11-5-3-4-10(19-11)13(14,15)16/h3-5,7H,6H2,1-2H3,(H2,17,19,20,22). The van der Waals surface area contributed by atoms with Gasteiger partial charge in [0.25, 0.3) is 0 Å². The van der Waals surface area contributed by atoms with Gasteiger partial charge in [0, 0.05) is 24.8 Å². The summed E-state index contributed by atoms with van der Waals surface area (Å²) in [6.45, 7) is 2.06. The topological polar surface area (TPSA) is 71.8 Å². The zero-order valence-electron chi connectivity index (χ0n) is 11.9. The minimum Gasteiger partial charge on any atom is -0.334 e. The molecule has 2 amide bonds. The number of hydrogen-bond donors (Lipinski definition) is 2. The average Bonchev–Trinajstić information content (AvgIpc) is 2.76. The highest BCUT2D eigenvalue weighted by atomic mass is 19.4. The first kappa shape index (κ1) is 15.8. The number of halogens is 3. The normalized spacial score (nSPS) is 11.3. The lowest BCUT2D eigenvalue weighted by molar-refractivity contribution is -0.141. The molecule has 0 bridgehead atoms. The minimum atomic E-state index is -4.55. The Morgan fingerprint density at radius 1 is 1.36 bits per heavy atom. The Balaban J connectivity index is 1.96. The molecule has 9 heteroatoms. The van der Waals surface area contributed by atoms with Crippen LogP contribution in [0.5, 0.6) is 0 Å². The second-order valence-corrected chi connectivity index (χ2v) is 4.59. The van der Waals surface area contributed by atoms with Crippen LogP contribution in [0.15, 0.2) is 24.4 Å². The van der Waals surface area contributed by atoms with Gasteiger partial charge in [0.1, 0.15) is 11.5 Å². The van der Waals surface area contributed by atoms with Gasteiger partial charge in [0.2, 0.25) is 0 Å². The van der Waals surface area contributed by atoms with E-state index in [1.54, 1.807) is 17.9 Å². The molecule has 2 aromatic rings. The van der Waals surface area contributed by atoms with Crippen LogP contribution >= 0.6 is 0 Å². The van der Waals surface area contributed by atoms with Crippen molar-refractivity contribution in [2.45, 2.75) is 19.6 Å². The van der Waals surface area contributed by atoms with Crippen LogP contribution in [0.2, 0.25) is 0 Å². The number of alkyl halides is 3. The summed E-state index contributed by atoms with van der Waals surface area (Å²) in [5.41, 5.74) is 0.639. The number of nitrogens with zero attached hydrogens (tertiary/aromatic N) is 3. The first-order chi connectivity index (χ1) is 10.3. The number of anilines is 1. The highest BCUT2D eigenvalue weighted by Crippen LogP contribution is 2.28. The molecule has 0 aliphatic heterocycles. The van der Waals surface area contributed by atoms with E-state index in [0.29, 0.717) is 0 Å². The van der Waals surface area contributed by atoms with Gasteiger partial charge in [-0.25, -0.2) is 9.78 Å². The van der Waals surface area contributed by atoms with Crippen LogP contribution in [0, 0.1) is 6.92 Å². The molecule has 2 aromatic heterocycles. The largest absolute Gasteiger partial charge is 0.433 e. The van der Waals surface area contributed by atoms with E-state index >= 15 is 0 Å². The number of nitrogens with one attached hydrogen (secondary N) is 2. The molecule has 118 valence electrons. The Hall–Kier alpha value is -2.58. The third-order valence-corrected chi connectivity index (χ3v) is 3.06. The van der Waals surface area contributed by atoms with Crippen LogP contribution in [0.4, 0.5) is 23.8 Å². The van der Waals surface area contributed by atoms with E-state index in [1.807, 2.05) is 6.92 Å². The van der Waals surface area contributed by atoms with Crippen LogP contribution in [-0.2, 0) is 19.8 Å². The number of aryl methyl sites for hydroxylation is 1. The van der Waals surface area contributed by atoms with E-state index in [1.165, 1.54) is 12.1 Å². The SMILES string of the molecule is Cc1c(CNC(=O)Nc2cccc(C(F)(F)F)n2)cnn1C. The van der Waals surface area contributed by atoms with Crippen LogP contribution in [0.25, 0.3) is 0 Å². The highest BCUT2D eigenvalue weighted by molar-refractivity contribution is 5.88. The van der Waals surface area contributed by atoms with E-state index in [4.69, 9.17) is 0 Å². The molecule has 0 aliphatic carbocycles. The van der Waals surface area contributed by atoms with Gasteiger partial charge in [-0.05, 0) is 19.1 Å². The number of amides is 2. The maximum atomic E-state index is 12.5. The number of hydrogen-bond acceptors (Lipinski definition) is 3. The fraction of sp³-hybridized carbons (Fsp3) is 0.308. The molecule has 0 saturated heterocycles. The zero-order chi connectivity index (χ0) is 16.3. The van der Waals surface area contributed by atoms with Crippen molar-refractivity contribution in [3.05, 3.63) is 41.3 Å². The summed E-state index contributed by atoms with van der Waals surface area (Å²) in [7, 11) is 1.77. The number of carbonyl (C=O) groups excluding carboxylic acids is 1. The van der Waals surface area contributed by atoms with Gasteiger partial charge in [0.15, 0.2) is 0 Å².